The fraction of sp³-hybridized carbons (Fsp3) is 0.333. The second-order valence-electron chi connectivity index (χ2n) is 7.03. The molecule has 0 fully saturated rings. The Morgan fingerprint density at radius 2 is 2.07 bits per heavy atom. The molecule has 2 N–H and O–H groups in total. The molecule has 0 saturated carbocycles. The summed E-state index contributed by atoms with van der Waals surface area (Å²) >= 11 is 0. The van der Waals surface area contributed by atoms with E-state index in [2.05, 4.69) is 22.8 Å². The van der Waals surface area contributed by atoms with Gasteiger partial charge in [-0.05, 0) is 41.7 Å². The Hall–Kier alpha value is -2.80. The number of para-hydroxylation sites is 1. The molecule has 0 saturated heterocycles. The number of ether oxygens (including phenoxy) is 1. The zero-order valence-corrected chi connectivity index (χ0v) is 15.8. The molecule has 1 radical (unpaired) electrons. The van der Waals surface area contributed by atoms with Crippen LogP contribution in [0.2, 0.25) is 0 Å². The molecule has 2 aromatic carbocycles. The molecule has 143 valence electrons. The maximum atomic E-state index is 12.5. The molecule has 6 nitrogen and oxygen atoms in total. The molecule has 2 aliphatic heterocycles. The highest BCUT2D eigenvalue weighted by atomic mass is 16.5. The molecule has 1 amide bonds. The van der Waals surface area contributed by atoms with E-state index in [4.69, 9.17) is 9.39 Å². The normalized spacial score (nSPS) is 17.0. The molecule has 28 heavy (non-hydrogen) atoms. The van der Waals surface area contributed by atoms with Gasteiger partial charge in [0.05, 0.1) is 13.0 Å². The average Bonchev–Trinajstić information content (AvgIpc) is 3.15. The van der Waals surface area contributed by atoms with Crippen LogP contribution in [0.5, 0.6) is 5.75 Å². The zero-order chi connectivity index (χ0) is 19.5. The zero-order valence-electron chi connectivity index (χ0n) is 15.8. The maximum Gasteiger partial charge on any atom is 0.394 e. The SMILES string of the molecule is CCOC(=O)c1cccc2c1O[B]C(NC(=O)Cc1ccc3c(c1)CNC3)C2. The Morgan fingerprint density at radius 1 is 1.21 bits per heavy atom. The van der Waals surface area contributed by atoms with E-state index in [0.29, 0.717) is 30.8 Å². The summed E-state index contributed by atoms with van der Waals surface area (Å²) in [7, 11) is 1.58. The van der Waals surface area contributed by atoms with Gasteiger partial charge in [0, 0.05) is 19.0 Å². The second kappa shape index (κ2) is 8.06. The Kier molecular flexibility index (Phi) is 5.35. The molecule has 1 atom stereocenters. The van der Waals surface area contributed by atoms with Crippen molar-refractivity contribution in [1.82, 2.24) is 10.6 Å². The summed E-state index contributed by atoms with van der Waals surface area (Å²) in [4.78, 5) is 24.5. The molecule has 2 aliphatic rings. The van der Waals surface area contributed by atoms with E-state index in [1.807, 2.05) is 12.1 Å². The van der Waals surface area contributed by atoms with Crippen LogP contribution in [-0.2, 0) is 35.5 Å². The minimum atomic E-state index is -0.402. The maximum absolute atomic E-state index is 12.5. The molecule has 2 aromatic rings. The van der Waals surface area contributed by atoms with Crippen molar-refractivity contribution in [2.24, 2.45) is 0 Å². The van der Waals surface area contributed by atoms with Crippen LogP contribution in [0.1, 0.15) is 39.5 Å². The van der Waals surface area contributed by atoms with Crippen molar-refractivity contribution in [2.45, 2.75) is 38.8 Å². The van der Waals surface area contributed by atoms with Crippen molar-refractivity contribution in [1.29, 1.82) is 0 Å². The van der Waals surface area contributed by atoms with Gasteiger partial charge in [-0.1, -0.05) is 30.3 Å². The number of carbonyl (C=O) groups excluding carboxylic acids is 2. The number of benzene rings is 2. The lowest BCUT2D eigenvalue weighted by Gasteiger charge is -2.26. The number of esters is 1. The van der Waals surface area contributed by atoms with Crippen molar-refractivity contribution in [3.63, 3.8) is 0 Å². The van der Waals surface area contributed by atoms with Crippen LogP contribution < -0.4 is 15.3 Å². The van der Waals surface area contributed by atoms with E-state index < -0.39 is 5.97 Å². The molecular weight excluding hydrogens is 355 g/mol. The summed E-state index contributed by atoms with van der Waals surface area (Å²) in [6.07, 6.45) is 0.899. The van der Waals surface area contributed by atoms with Gasteiger partial charge in [-0.2, -0.15) is 0 Å². The standard InChI is InChI=1S/C21H22BN2O4/c1-2-27-21(26)17-5-3-4-14-10-18(22-28-20(14)17)24-19(25)9-13-6-7-15-11-23-12-16(15)8-13/h3-8,18,23H,2,9-12H2,1H3,(H,24,25). The van der Waals surface area contributed by atoms with Gasteiger partial charge in [0.25, 0.3) is 0 Å². The van der Waals surface area contributed by atoms with Crippen LogP contribution in [0.25, 0.3) is 0 Å². The van der Waals surface area contributed by atoms with Crippen molar-refractivity contribution in [3.8, 4) is 5.75 Å². The fourth-order valence-electron chi connectivity index (χ4n) is 3.68. The fourth-order valence-corrected chi connectivity index (χ4v) is 3.68. The van der Waals surface area contributed by atoms with E-state index in [9.17, 15) is 9.59 Å². The van der Waals surface area contributed by atoms with Crippen LogP contribution >= 0.6 is 0 Å². The van der Waals surface area contributed by atoms with Crippen LogP contribution in [0, 0.1) is 0 Å². The first kappa shape index (κ1) is 18.6. The molecular formula is C21H22BN2O4. The molecule has 2 heterocycles. The van der Waals surface area contributed by atoms with Gasteiger partial charge < -0.3 is 20.0 Å². The summed E-state index contributed by atoms with van der Waals surface area (Å²) in [5.41, 5.74) is 4.85. The predicted octanol–water partition coefficient (Wildman–Crippen LogP) is 1.71. The van der Waals surface area contributed by atoms with E-state index in [1.165, 1.54) is 11.1 Å². The smallest absolute Gasteiger partial charge is 0.394 e. The van der Waals surface area contributed by atoms with Crippen molar-refractivity contribution < 1.29 is 19.0 Å². The Labute approximate surface area is 164 Å². The van der Waals surface area contributed by atoms with Crippen molar-refractivity contribution in [3.05, 3.63) is 64.2 Å². The van der Waals surface area contributed by atoms with Gasteiger partial charge in [0.1, 0.15) is 11.3 Å². The van der Waals surface area contributed by atoms with Crippen LogP contribution in [0.15, 0.2) is 36.4 Å². The largest absolute Gasteiger partial charge is 0.560 e. The van der Waals surface area contributed by atoms with Gasteiger partial charge in [-0.15, -0.1) is 0 Å². The van der Waals surface area contributed by atoms with Gasteiger partial charge in [0.15, 0.2) is 0 Å². The van der Waals surface area contributed by atoms with Crippen molar-refractivity contribution >= 4 is 19.4 Å². The first-order valence-electron chi connectivity index (χ1n) is 9.54. The number of amides is 1. The summed E-state index contributed by atoms with van der Waals surface area (Å²) in [5.74, 6) is -0.187. The van der Waals surface area contributed by atoms with Gasteiger partial charge in [0.2, 0.25) is 5.91 Å². The monoisotopic (exact) mass is 377 g/mol. The molecule has 4 rings (SSSR count). The summed E-state index contributed by atoms with van der Waals surface area (Å²) in [5, 5.41) is 6.31. The third kappa shape index (κ3) is 3.89. The lowest BCUT2D eigenvalue weighted by molar-refractivity contribution is -0.120. The number of hydrogen-bond donors (Lipinski definition) is 2. The highest BCUT2D eigenvalue weighted by Gasteiger charge is 2.28. The van der Waals surface area contributed by atoms with Gasteiger partial charge in [-0.3, -0.25) is 4.79 Å². The van der Waals surface area contributed by atoms with Crippen LogP contribution in [0.3, 0.4) is 0 Å². The molecule has 7 heteroatoms. The second-order valence-corrected chi connectivity index (χ2v) is 7.03. The van der Waals surface area contributed by atoms with E-state index >= 15 is 0 Å². The van der Waals surface area contributed by atoms with Gasteiger partial charge in [-0.25, -0.2) is 4.79 Å². The Bertz CT molecular complexity index is 915. The topological polar surface area (TPSA) is 76.7 Å². The summed E-state index contributed by atoms with van der Waals surface area (Å²) in [6.45, 7) is 3.82. The first-order chi connectivity index (χ1) is 13.6. The predicted molar refractivity (Wildman–Crippen MR) is 105 cm³/mol. The summed E-state index contributed by atoms with van der Waals surface area (Å²) < 4.78 is 10.8. The molecule has 0 bridgehead atoms. The van der Waals surface area contributed by atoms with Gasteiger partial charge >= 0.3 is 13.5 Å². The van der Waals surface area contributed by atoms with E-state index in [0.717, 1.165) is 24.2 Å². The van der Waals surface area contributed by atoms with E-state index in [-0.39, 0.29) is 11.8 Å². The Morgan fingerprint density at radius 3 is 2.93 bits per heavy atom. The Balaban J connectivity index is 1.39. The molecule has 0 spiro atoms. The molecule has 0 aromatic heterocycles. The molecule has 1 unspecified atom stereocenters. The number of nitrogens with one attached hydrogen (secondary N) is 2. The summed E-state index contributed by atoms with van der Waals surface area (Å²) in [6, 6.07) is 11.6. The number of carbonyl (C=O) groups is 2. The highest BCUT2D eigenvalue weighted by Crippen LogP contribution is 2.29. The van der Waals surface area contributed by atoms with Crippen LogP contribution in [-0.4, -0.2) is 31.9 Å². The average molecular weight is 377 g/mol. The third-order valence-electron chi connectivity index (χ3n) is 4.99. The third-order valence-corrected chi connectivity index (χ3v) is 4.99. The van der Waals surface area contributed by atoms with E-state index in [1.54, 1.807) is 26.5 Å². The number of rotatable bonds is 5. The molecule has 0 aliphatic carbocycles. The number of hydrogen-bond acceptors (Lipinski definition) is 5. The lowest BCUT2D eigenvalue weighted by Crippen LogP contribution is -2.45. The van der Waals surface area contributed by atoms with Crippen molar-refractivity contribution in [2.75, 3.05) is 6.61 Å². The highest BCUT2D eigenvalue weighted by molar-refractivity contribution is 6.32. The minimum absolute atomic E-state index is 0.0549. The van der Waals surface area contributed by atoms with Crippen LogP contribution in [0.4, 0.5) is 0 Å². The lowest BCUT2D eigenvalue weighted by atomic mass is 9.79. The quantitative estimate of drug-likeness (QED) is 0.613. The first-order valence-corrected chi connectivity index (χ1v) is 9.54. The number of fused-ring (bicyclic) bond motifs is 2. The minimum Gasteiger partial charge on any atom is -0.560 e.